The maximum absolute atomic E-state index is 3.53. The van der Waals surface area contributed by atoms with E-state index in [2.05, 4.69) is 41.7 Å². The van der Waals surface area contributed by atoms with Crippen LogP contribution in [-0.4, -0.2) is 12.6 Å². The van der Waals surface area contributed by atoms with Gasteiger partial charge in [-0.05, 0) is 55.7 Å². The number of rotatable bonds is 6. The van der Waals surface area contributed by atoms with Crippen LogP contribution in [0.4, 0.5) is 0 Å². The molecule has 1 N–H and O–H groups in total. The minimum absolute atomic E-state index is 0.833. The van der Waals surface area contributed by atoms with Crippen LogP contribution in [0.15, 0.2) is 30.3 Å². The third-order valence-electron chi connectivity index (χ3n) is 4.14. The van der Waals surface area contributed by atoms with Gasteiger partial charge in [-0.25, -0.2) is 0 Å². The van der Waals surface area contributed by atoms with Crippen LogP contribution in [0.3, 0.4) is 0 Å². The standard InChI is InChI=1S/C17H23N/c1(2-13-18-17-11-12-17)4-14-7-9-16(10-8-14)15-5-3-6-15/h1,4,7-10,15,17-18H,2-3,5-6,11-13H2/b4-1+. The molecule has 0 saturated heterocycles. The van der Waals surface area contributed by atoms with Crippen LogP contribution in [0.1, 0.15) is 55.6 Å². The molecule has 2 fully saturated rings. The van der Waals surface area contributed by atoms with Gasteiger partial charge < -0.3 is 5.32 Å². The zero-order valence-electron chi connectivity index (χ0n) is 11.1. The average Bonchev–Trinajstić information content (AvgIpc) is 3.12. The Hall–Kier alpha value is -1.08. The lowest BCUT2D eigenvalue weighted by Gasteiger charge is -2.25. The summed E-state index contributed by atoms with van der Waals surface area (Å²) in [5.74, 6) is 0.853. The summed E-state index contributed by atoms with van der Waals surface area (Å²) in [6.07, 6.45) is 12.6. The van der Waals surface area contributed by atoms with Gasteiger partial charge in [0, 0.05) is 6.04 Å². The van der Waals surface area contributed by atoms with E-state index < -0.39 is 0 Å². The molecule has 96 valence electrons. The normalized spacial score (nSPS) is 20.2. The Morgan fingerprint density at radius 3 is 2.44 bits per heavy atom. The van der Waals surface area contributed by atoms with Crippen LogP contribution in [0.25, 0.3) is 6.08 Å². The van der Waals surface area contributed by atoms with Crippen molar-refractivity contribution in [1.82, 2.24) is 5.32 Å². The molecule has 0 atom stereocenters. The lowest BCUT2D eigenvalue weighted by atomic mass is 9.80. The summed E-state index contributed by atoms with van der Waals surface area (Å²) in [7, 11) is 0. The Morgan fingerprint density at radius 2 is 1.83 bits per heavy atom. The highest BCUT2D eigenvalue weighted by molar-refractivity contribution is 5.50. The lowest BCUT2D eigenvalue weighted by Crippen LogP contribution is -2.16. The topological polar surface area (TPSA) is 12.0 Å². The fourth-order valence-electron chi connectivity index (χ4n) is 2.50. The highest BCUT2D eigenvalue weighted by atomic mass is 14.9. The van der Waals surface area contributed by atoms with E-state index >= 15 is 0 Å². The summed E-state index contributed by atoms with van der Waals surface area (Å²) in [5.41, 5.74) is 2.87. The second-order valence-corrected chi connectivity index (χ2v) is 5.71. The first-order chi connectivity index (χ1) is 8.92. The minimum atomic E-state index is 0.833. The number of hydrogen-bond donors (Lipinski definition) is 1. The van der Waals surface area contributed by atoms with Crippen molar-refractivity contribution in [3.05, 3.63) is 41.5 Å². The highest BCUT2D eigenvalue weighted by Gasteiger charge is 2.19. The van der Waals surface area contributed by atoms with E-state index in [1.54, 1.807) is 0 Å². The second kappa shape index (κ2) is 5.71. The summed E-state index contributed by atoms with van der Waals surface area (Å²) in [6, 6.07) is 9.98. The molecule has 1 heteroatoms. The number of benzene rings is 1. The van der Waals surface area contributed by atoms with Gasteiger partial charge in [0.1, 0.15) is 0 Å². The molecule has 3 rings (SSSR count). The first-order valence-electron chi connectivity index (χ1n) is 7.42. The first-order valence-corrected chi connectivity index (χ1v) is 7.42. The zero-order chi connectivity index (χ0) is 12.2. The van der Waals surface area contributed by atoms with Crippen molar-refractivity contribution in [1.29, 1.82) is 0 Å². The van der Waals surface area contributed by atoms with Crippen molar-refractivity contribution < 1.29 is 0 Å². The van der Waals surface area contributed by atoms with Crippen LogP contribution in [0, 0.1) is 0 Å². The highest BCUT2D eigenvalue weighted by Crippen LogP contribution is 2.36. The summed E-state index contributed by atoms with van der Waals surface area (Å²) in [4.78, 5) is 0. The third kappa shape index (κ3) is 3.23. The quantitative estimate of drug-likeness (QED) is 0.739. The van der Waals surface area contributed by atoms with Crippen molar-refractivity contribution in [2.75, 3.05) is 6.54 Å². The molecule has 1 nitrogen and oxygen atoms in total. The van der Waals surface area contributed by atoms with E-state index in [4.69, 9.17) is 0 Å². The van der Waals surface area contributed by atoms with Crippen LogP contribution in [-0.2, 0) is 0 Å². The molecule has 2 saturated carbocycles. The van der Waals surface area contributed by atoms with Gasteiger partial charge >= 0.3 is 0 Å². The number of hydrogen-bond acceptors (Lipinski definition) is 1. The Bertz CT molecular complexity index is 396. The van der Waals surface area contributed by atoms with Gasteiger partial charge in [0.15, 0.2) is 0 Å². The van der Waals surface area contributed by atoms with Gasteiger partial charge in [0.25, 0.3) is 0 Å². The molecule has 2 aliphatic rings. The van der Waals surface area contributed by atoms with Crippen LogP contribution in [0.2, 0.25) is 0 Å². The molecule has 0 spiro atoms. The van der Waals surface area contributed by atoms with E-state index in [9.17, 15) is 0 Å². The second-order valence-electron chi connectivity index (χ2n) is 5.71. The van der Waals surface area contributed by atoms with Gasteiger partial charge in [-0.15, -0.1) is 0 Å². The van der Waals surface area contributed by atoms with E-state index in [1.807, 2.05) is 0 Å². The smallest absolute Gasteiger partial charge is 0.00683 e. The molecule has 0 aromatic heterocycles. The Balaban J connectivity index is 1.44. The van der Waals surface area contributed by atoms with E-state index in [1.165, 1.54) is 43.2 Å². The van der Waals surface area contributed by atoms with E-state index in [-0.39, 0.29) is 0 Å². The molecule has 18 heavy (non-hydrogen) atoms. The van der Waals surface area contributed by atoms with Crippen molar-refractivity contribution in [2.45, 2.75) is 50.5 Å². The van der Waals surface area contributed by atoms with Gasteiger partial charge in [-0.3, -0.25) is 0 Å². The maximum Gasteiger partial charge on any atom is 0.00683 e. The molecular weight excluding hydrogens is 218 g/mol. The molecule has 1 aromatic rings. The van der Waals surface area contributed by atoms with Crippen LogP contribution in [0.5, 0.6) is 0 Å². The lowest BCUT2D eigenvalue weighted by molar-refractivity contribution is 0.420. The van der Waals surface area contributed by atoms with Crippen LogP contribution >= 0.6 is 0 Å². The third-order valence-corrected chi connectivity index (χ3v) is 4.14. The molecule has 2 aliphatic carbocycles. The Morgan fingerprint density at radius 1 is 1.06 bits per heavy atom. The van der Waals surface area contributed by atoms with E-state index in [0.29, 0.717) is 0 Å². The zero-order valence-corrected chi connectivity index (χ0v) is 11.1. The molecule has 0 aliphatic heterocycles. The predicted octanol–water partition coefficient (Wildman–Crippen LogP) is 4.11. The maximum atomic E-state index is 3.53. The molecule has 0 radical (unpaired) electrons. The fraction of sp³-hybridized carbons (Fsp3) is 0.529. The molecule has 0 bridgehead atoms. The summed E-state index contributed by atoms with van der Waals surface area (Å²) < 4.78 is 0. The Kier molecular flexibility index (Phi) is 3.80. The summed E-state index contributed by atoms with van der Waals surface area (Å²) in [5, 5.41) is 3.53. The SMILES string of the molecule is C(=C\c1ccc(C2CCC2)cc1)/CCNC1CC1. The van der Waals surface area contributed by atoms with Gasteiger partial charge in [-0.1, -0.05) is 42.8 Å². The largest absolute Gasteiger partial charge is 0.314 e. The summed E-state index contributed by atoms with van der Waals surface area (Å²) in [6.45, 7) is 1.13. The van der Waals surface area contributed by atoms with Crippen molar-refractivity contribution >= 4 is 6.08 Å². The molecular formula is C17H23N. The van der Waals surface area contributed by atoms with Gasteiger partial charge in [-0.2, -0.15) is 0 Å². The van der Waals surface area contributed by atoms with Crippen molar-refractivity contribution in [3.8, 4) is 0 Å². The summed E-state index contributed by atoms with van der Waals surface area (Å²) >= 11 is 0. The minimum Gasteiger partial charge on any atom is -0.314 e. The number of nitrogens with one attached hydrogen (secondary N) is 1. The first kappa shape index (κ1) is 12.0. The Labute approximate surface area is 110 Å². The van der Waals surface area contributed by atoms with Crippen LogP contribution < -0.4 is 5.32 Å². The fourth-order valence-corrected chi connectivity index (χ4v) is 2.50. The van der Waals surface area contributed by atoms with Crippen molar-refractivity contribution in [2.24, 2.45) is 0 Å². The molecule has 0 heterocycles. The molecule has 1 aromatic carbocycles. The monoisotopic (exact) mass is 241 g/mol. The molecule has 0 amide bonds. The van der Waals surface area contributed by atoms with E-state index in [0.717, 1.165) is 24.9 Å². The van der Waals surface area contributed by atoms with Gasteiger partial charge in [0.2, 0.25) is 0 Å². The average molecular weight is 241 g/mol. The van der Waals surface area contributed by atoms with Gasteiger partial charge in [0.05, 0.1) is 0 Å². The predicted molar refractivity (Wildman–Crippen MR) is 77.7 cm³/mol. The van der Waals surface area contributed by atoms with Crippen molar-refractivity contribution in [3.63, 3.8) is 0 Å². The molecule has 0 unspecified atom stereocenters.